The molecule has 2 nitrogen and oxygen atoms in total. The van der Waals surface area contributed by atoms with Crippen LogP contribution in [0.5, 0.6) is 0 Å². The molecular formula is C29H34O2. The summed E-state index contributed by atoms with van der Waals surface area (Å²) in [6.07, 6.45) is 0.0854. The summed E-state index contributed by atoms with van der Waals surface area (Å²) in [5.74, 6) is -0.276. The summed E-state index contributed by atoms with van der Waals surface area (Å²) in [7, 11) is 0. The van der Waals surface area contributed by atoms with Crippen molar-refractivity contribution >= 4 is 11.6 Å². The van der Waals surface area contributed by atoms with Crippen LogP contribution in [0.25, 0.3) is 0 Å². The van der Waals surface area contributed by atoms with Crippen LogP contribution in [0, 0.1) is 22.7 Å². The van der Waals surface area contributed by atoms with Gasteiger partial charge in [-0.25, -0.2) is 0 Å². The predicted molar refractivity (Wildman–Crippen MR) is 125 cm³/mol. The smallest absolute Gasteiger partial charge is 0.145 e. The van der Waals surface area contributed by atoms with E-state index in [2.05, 4.69) is 69.2 Å². The first kappa shape index (κ1) is 20.7. The van der Waals surface area contributed by atoms with E-state index in [9.17, 15) is 9.59 Å². The normalized spacial score (nSPS) is 37.5. The van der Waals surface area contributed by atoms with Gasteiger partial charge in [0.2, 0.25) is 0 Å². The monoisotopic (exact) mass is 414 g/mol. The number of carbonyl (C=O) groups excluding carboxylic acids is 2. The highest BCUT2D eigenvalue weighted by molar-refractivity contribution is 6.12. The van der Waals surface area contributed by atoms with Crippen LogP contribution in [0.15, 0.2) is 66.9 Å². The van der Waals surface area contributed by atoms with Gasteiger partial charge in [-0.15, -0.1) is 0 Å². The van der Waals surface area contributed by atoms with Crippen molar-refractivity contribution in [2.24, 2.45) is 22.7 Å². The number of rotatable bonds is 0. The first-order chi connectivity index (χ1) is 14.4. The lowest BCUT2D eigenvalue weighted by atomic mass is 9.36. The molecule has 0 radical (unpaired) electrons. The first-order valence-electron chi connectivity index (χ1n) is 11.6. The van der Waals surface area contributed by atoms with E-state index in [1.165, 1.54) is 66.9 Å². The van der Waals surface area contributed by atoms with Crippen LogP contribution < -0.4 is 0 Å². The van der Waals surface area contributed by atoms with Crippen LogP contribution in [-0.4, -0.2) is 11.6 Å². The van der Waals surface area contributed by atoms with Crippen molar-refractivity contribution in [3.8, 4) is 0 Å². The molecule has 0 saturated heterocycles. The fourth-order valence-electron chi connectivity index (χ4n) is 8.35. The maximum atomic E-state index is 13.6. The van der Waals surface area contributed by atoms with Crippen molar-refractivity contribution in [3.05, 3.63) is 66.9 Å². The van der Waals surface area contributed by atoms with E-state index in [-0.39, 0.29) is 29.8 Å². The summed E-state index contributed by atoms with van der Waals surface area (Å²) in [6.45, 7) is 22.2. The highest BCUT2D eigenvalue weighted by Crippen LogP contribution is 2.77. The lowest BCUT2D eigenvalue weighted by molar-refractivity contribution is -0.126. The number of carbonyl (C=O) groups is 2. The van der Waals surface area contributed by atoms with Gasteiger partial charge in [-0.1, -0.05) is 22.3 Å². The quantitative estimate of drug-likeness (QED) is 0.324. The molecule has 0 aromatic rings. The van der Waals surface area contributed by atoms with Gasteiger partial charge in [-0.3, -0.25) is 9.59 Å². The molecule has 31 heavy (non-hydrogen) atoms. The van der Waals surface area contributed by atoms with E-state index in [0.717, 1.165) is 0 Å². The summed E-state index contributed by atoms with van der Waals surface area (Å²) in [5, 5.41) is 0. The third-order valence-electron chi connectivity index (χ3n) is 10.4. The van der Waals surface area contributed by atoms with Crippen molar-refractivity contribution in [2.75, 3.05) is 0 Å². The molecule has 6 aliphatic rings. The number of hydrogen-bond donors (Lipinski definition) is 0. The number of Topliss-reactive ketones (excluding diaryl/α,β-unsaturated/α-hetero) is 2. The Balaban J connectivity index is 2.12. The number of ketones is 2. The minimum atomic E-state index is -0.476. The number of allylic oxidation sites excluding steroid dienone is 12. The molecule has 1 fully saturated rings. The topological polar surface area (TPSA) is 34.1 Å². The fraction of sp³-hybridized carbons (Fsp3) is 0.517. The summed E-state index contributed by atoms with van der Waals surface area (Å²) in [5.41, 5.74) is 14.7. The molecule has 162 valence electrons. The zero-order valence-electron chi connectivity index (χ0n) is 20.7. The Kier molecular flexibility index (Phi) is 3.84. The van der Waals surface area contributed by atoms with E-state index >= 15 is 0 Å². The molecule has 6 rings (SSSR count). The van der Waals surface area contributed by atoms with Gasteiger partial charge in [0, 0.05) is 22.7 Å². The van der Waals surface area contributed by atoms with Crippen LogP contribution >= 0.6 is 0 Å². The van der Waals surface area contributed by atoms with Gasteiger partial charge in [-0.05, 0) is 114 Å². The predicted octanol–water partition coefficient (Wildman–Crippen LogP) is 6.77. The fourth-order valence-corrected chi connectivity index (χ4v) is 8.35. The molecule has 1 saturated carbocycles. The molecule has 2 heteroatoms. The van der Waals surface area contributed by atoms with E-state index in [0.29, 0.717) is 0 Å². The largest absolute Gasteiger partial charge is 0.299 e. The molecule has 2 spiro atoms. The highest BCUT2D eigenvalue weighted by atomic mass is 16.2. The maximum absolute atomic E-state index is 13.6. The minimum absolute atomic E-state index is 0.0854. The van der Waals surface area contributed by atoms with Gasteiger partial charge in [0.25, 0.3) is 0 Å². The Hall–Kier alpha value is -2.22. The van der Waals surface area contributed by atoms with E-state index in [1.54, 1.807) is 0 Å². The SMILES string of the molecule is CC1=C(C)C2=C3C(C)=C(C)C(C)=C(C)C34C(C)=C(C)C2(C(C)=C1C)C1C(=O)CC(=O)C14. The molecule has 6 aliphatic carbocycles. The Labute approximate surface area is 186 Å². The Morgan fingerprint density at radius 1 is 0.484 bits per heavy atom. The van der Waals surface area contributed by atoms with Crippen LogP contribution in [0.3, 0.4) is 0 Å². The molecule has 0 amide bonds. The van der Waals surface area contributed by atoms with Crippen molar-refractivity contribution < 1.29 is 9.59 Å². The summed E-state index contributed by atoms with van der Waals surface area (Å²) < 4.78 is 0. The Morgan fingerprint density at radius 3 is 1.13 bits per heavy atom. The van der Waals surface area contributed by atoms with Gasteiger partial charge in [0.1, 0.15) is 11.6 Å². The average molecular weight is 415 g/mol. The Bertz CT molecular complexity index is 1140. The number of hydrogen-bond acceptors (Lipinski definition) is 2. The minimum Gasteiger partial charge on any atom is -0.299 e. The zero-order valence-corrected chi connectivity index (χ0v) is 20.7. The third kappa shape index (κ3) is 1.78. The van der Waals surface area contributed by atoms with Gasteiger partial charge in [0.15, 0.2) is 0 Å². The standard InChI is InChI=1S/C29H34O2/c1-12-14(3)18(7)28-20(9)21(10)29(27-23(31)11-22(30)26(27)28)19(8)15(4)13(2)17(6)25(29)24(28)16(12)5/h26-27H,11H2,1-10H3. The van der Waals surface area contributed by atoms with Gasteiger partial charge < -0.3 is 0 Å². The molecule has 4 unspecified atom stereocenters. The summed E-state index contributed by atoms with van der Waals surface area (Å²) in [6, 6.07) is 0. The van der Waals surface area contributed by atoms with Crippen molar-refractivity contribution in [3.63, 3.8) is 0 Å². The molecule has 0 aromatic carbocycles. The van der Waals surface area contributed by atoms with Gasteiger partial charge in [0.05, 0.1) is 6.42 Å². The zero-order chi connectivity index (χ0) is 22.9. The lowest BCUT2D eigenvalue weighted by Gasteiger charge is -2.65. The van der Waals surface area contributed by atoms with Gasteiger partial charge >= 0.3 is 0 Å². The van der Waals surface area contributed by atoms with Gasteiger partial charge in [-0.2, -0.15) is 0 Å². The second-order valence-corrected chi connectivity index (χ2v) is 10.7. The van der Waals surface area contributed by atoms with Crippen LogP contribution in [-0.2, 0) is 9.59 Å². The second kappa shape index (κ2) is 5.77. The molecule has 0 aliphatic heterocycles. The molecule has 4 atom stereocenters. The van der Waals surface area contributed by atoms with E-state index < -0.39 is 10.8 Å². The lowest BCUT2D eigenvalue weighted by Crippen LogP contribution is -2.60. The van der Waals surface area contributed by atoms with Crippen LogP contribution in [0.2, 0.25) is 0 Å². The molecule has 2 bridgehead atoms. The van der Waals surface area contributed by atoms with Crippen molar-refractivity contribution in [2.45, 2.75) is 75.7 Å². The second-order valence-electron chi connectivity index (χ2n) is 10.7. The van der Waals surface area contributed by atoms with Crippen molar-refractivity contribution in [1.82, 2.24) is 0 Å². The molecular weight excluding hydrogens is 380 g/mol. The first-order valence-corrected chi connectivity index (χ1v) is 11.6. The Morgan fingerprint density at radius 2 is 0.806 bits per heavy atom. The van der Waals surface area contributed by atoms with E-state index in [1.807, 2.05) is 0 Å². The summed E-state index contributed by atoms with van der Waals surface area (Å²) in [4.78, 5) is 27.2. The van der Waals surface area contributed by atoms with E-state index in [4.69, 9.17) is 0 Å². The maximum Gasteiger partial charge on any atom is 0.145 e. The third-order valence-corrected chi connectivity index (χ3v) is 10.4. The molecule has 0 heterocycles. The van der Waals surface area contributed by atoms with Crippen molar-refractivity contribution in [1.29, 1.82) is 0 Å². The van der Waals surface area contributed by atoms with Crippen LogP contribution in [0.1, 0.15) is 75.7 Å². The molecule has 0 aromatic heterocycles. The average Bonchev–Trinajstić information content (AvgIpc) is 3.05. The van der Waals surface area contributed by atoms with Crippen LogP contribution in [0.4, 0.5) is 0 Å². The molecule has 0 N–H and O–H groups in total. The highest BCUT2D eigenvalue weighted by Gasteiger charge is 2.73. The summed E-state index contributed by atoms with van der Waals surface area (Å²) >= 11 is 0.